The molecule has 124 valence electrons. The molecule has 0 bridgehead atoms. The van der Waals surface area contributed by atoms with Gasteiger partial charge < -0.3 is 19.9 Å². The fraction of sp³-hybridized carbons (Fsp3) is 0.500. The Morgan fingerprint density at radius 3 is 1.41 bits per heavy atom. The lowest BCUT2D eigenvalue weighted by Gasteiger charge is -2.20. The number of anilines is 1. The van der Waals surface area contributed by atoms with E-state index < -0.39 is 23.5 Å². The van der Waals surface area contributed by atoms with Crippen LogP contribution in [0.25, 0.3) is 0 Å². The zero-order valence-electron chi connectivity index (χ0n) is 14.0. The minimum atomic E-state index is -1.06. The Labute approximate surface area is 131 Å². The molecule has 6 nitrogen and oxygen atoms in total. The van der Waals surface area contributed by atoms with E-state index in [2.05, 4.69) is 4.74 Å². The van der Waals surface area contributed by atoms with Crippen LogP contribution in [0, 0.1) is 0 Å². The zero-order valence-corrected chi connectivity index (χ0v) is 14.0. The number of hydrogen-bond acceptors (Lipinski definition) is 6. The molecule has 2 N–H and O–H groups in total. The standard InChI is InChI=1S/C10H18O5.C6H7N/c1-9(2,3)14-7(11)13-8(12)15-10(4,5)6;7-6-4-2-1-3-5-6/h1-6H3;1-5H,7H2. The molecule has 0 aliphatic rings. The maximum absolute atomic E-state index is 11.0. The van der Waals surface area contributed by atoms with Gasteiger partial charge >= 0.3 is 12.3 Å². The monoisotopic (exact) mass is 311 g/mol. The van der Waals surface area contributed by atoms with Crippen LogP contribution in [-0.4, -0.2) is 23.5 Å². The summed E-state index contributed by atoms with van der Waals surface area (Å²) in [5, 5.41) is 0. The van der Waals surface area contributed by atoms with Gasteiger partial charge in [0.2, 0.25) is 0 Å². The summed E-state index contributed by atoms with van der Waals surface area (Å²) in [6, 6.07) is 9.49. The van der Waals surface area contributed by atoms with Gasteiger partial charge in [-0.2, -0.15) is 0 Å². The Kier molecular flexibility index (Phi) is 7.42. The summed E-state index contributed by atoms with van der Waals surface area (Å²) in [4.78, 5) is 22.0. The molecule has 0 amide bonds. The normalized spacial score (nSPS) is 10.8. The van der Waals surface area contributed by atoms with Gasteiger partial charge in [-0.15, -0.1) is 0 Å². The van der Waals surface area contributed by atoms with Crippen molar-refractivity contribution in [3.05, 3.63) is 30.3 Å². The lowest BCUT2D eigenvalue weighted by Crippen LogP contribution is -2.29. The average Bonchev–Trinajstić information content (AvgIpc) is 2.24. The Bertz CT molecular complexity index is 446. The Morgan fingerprint density at radius 1 is 0.818 bits per heavy atom. The van der Waals surface area contributed by atoms with Crippen molar-refractivity contribution in [2.45, 2.75) is 52.7 Å². The van der Waals surface area contributed by atoms with Gasteiger partial charge in [-0.25, -0.2) is 9.59 Å². The minimum absolute atomic E-state index is 0.695. The molecule has 1 rings (SSSR count). The van der Waals surface area contributed by atoms with Crippen LogP contribution < -0.4 is 5.73 Å². The van der Waals surface area contributed by atoms with Crippen LogP contribution in [0.5, 0.6) is 0 Å². The summed E-state index contributed by atoms with van der Waals surface area (Å²) in [5.74, 6) is 0. The number of nitrogens with two attached hydrogens (primary N) is 1. The predicted octanol–water partition coefficient (Wildman–Crippen LogP) is 4.14. The van der Waals surface area contributed by atoms with Crippen LogP contribution in [-0.2, 0) is 14.2 Å². The highest BCUT2D eigenvalue weighted by Gasteiger charge is 2.24. The van der Waals surface area contributed by atoms with Gasteiger partial charge in [0.05, 0.1) is 0 Å². The van der Waals surface area contributed by atoms with E-state index in [4.69, 9.17) is 15.2 Å². The molecule has 1 aromatic rings. The van der Waals surface area contributed by atoms with E-state index in [0.29, 0.717) is 0 Å². The molecule has 0 saturated carbocycles. The number of hydrogen-bond donors (Lipinski definition) is 1. The quantitative estimate of drug-likeness (QED) is 0.440. The van der Waals surface area contributed by atoms with Crippen LogP contribution in [0.3, 0.4) is 0 Å². The van der Waals surface area contributed by atoms with Gasteiger partial charge in [-0.05, 0) is 53.7 Å². The van der Waals surface area contributed by atoms with E-state index in [1.54, 1.807) is 41.5 Å². The van der Waals surface area contributed by atoms with Gasteiger partial charge in [0, 0.05) is 5.69 Å². The van der Waals surface area contributed by atoms with Crippen molar-refractivity contribution in [2.24, 2.45) is 0 Å². The van der Waals surface area contributed by atoms with Gasteiger partial charge in [-0.1, -0.05) is 18.2 Å². The number of ether oxygens (including phenoxy) is 3. The van der Waals surface area contributed by atoms with E-state index in [9.17, 15) is 9.59 Å². The third kappa shape index (κ3) is 12.8. The molecule has 0 radical (unpaired) electrons. The second-order valence-electron chi connectivity index (χ2n) is 6.44. The summed E-state index contributed by atoms with van der Waals surface area (Å²) >= 11 is 0. The Morgan fingerprint density at radius 2 is 1.18 bits per heavy atom. The number of benzene rings is 1. The minimum Gasteiger partial charge on any atom is -0.428 e. The Hall–Kier alpha value is -2.24. The third-order valence-corrected chi connectivity index (χ3v) is 1.75. The highest BCUT2D eigenvalue weighted by Crippen LogP contribution is 2.11. The smallest absolute Gasteiger partial charge is 0.428 e. The first-order chi connectivity index (χ1) is 9.89. The SMILES string of the molecule is CC(C)(C)OC(=O)OC(=O)OC(C)(C)C.Nc1ccccc1. The number of para-hydroxylation sites is 1. The van der Waals surface area contributed by atoms with Crippen molar-refractivity contribution in [2.75, 3.05) is 5.73 Å². The van der Waals surface area contributed by atoms with E-state index >= 15 is 0 Å². The van der Waals surface area contributed by atoms with Crippen molar-refractivity contribution in [1.29, 1.82) is 0 Å². The van der Waals surface area contributed by atoms with E-state index in [0.717, 1.165) is 5.69 Å². The fourth-order valence-corrected chi connectivity index (χ4v) is 1.06. The van der Waals surface area contributed by atoms with Crippen LogP contribution >= 0.6 is 0 Å². The van der Waals surface area contributed by atoms with Crippen molar-refractivity contribution in [3.8, 4) is 0 Å². The number of nitrogen functional groups attached to an aromatic ring is 1. The zero-order chi connectivity index (χ0) is 17.4. The summed E-state index contributed by atoms with van der Waals surface area (Å²) in [6.45, 7) is 10.0. The second kappa shape index (κ2) is 8.26. The Balaban J connectivity index is 0.000000518. The van der Waals surface area contributed by atoms with Gasteiger partial charge in [0.15, 0.2) is 0 Å². The predicted molar refractivity (Wildman–Crippen MR) is 84.4 cm³/mol. The first-order valence-electron chi connectivity index (χ1n) is 6.83. The van der Waals surface area contributed by atoms with Crippen molar-refractivity contribution >= 4 is 18.0 Å². The number of carbonyl (C=O) groups is 2. The molecule has 22 heavy (non-hydrogen) atoms. The maximum Gasteiger partial charge on any atom is 0.519 e. The van der Waals surface area contributed by atoms with Crippen LogP contribution in [0.1, 0.15) is 41.5 Å². The molecule has 0 spiro atoms. The lowest BCUT2D eigenvalue weighted by atomic mass is 10.2. The molecule has 0 aliphatic carbocycles. The third-order valence-electron chi connectivity index (χ3n) is 1.75. The van der Waals surface area contributed by atoms with Crippen LogP contribution in [0.4, 0.5) is 15.3 Å². The van der Waals surface area contributed by atoms with Crippen molar-refractivity contribution < 1.29 is 23.8 Å². The van der Waals surface area contributed by atoms with Gasteiger partial charge in [0.1, 0.15) is 11.2 Å². The summed E-state index contributed by atoms with van der Waals surface area (Å²) in [5.41, 5.74) is 4.79. The van der Waals surface area contributed by atoms with Gasteiger partial charge in [0.25, 0.3) is 0 Å². The first-order valence-corrected chi connectivity index (χ1v) is 6.83. The maximum atomic E-state index is 11.0. The van der Waals surface area contributed by atoms with Gasteiger partial charge in [-0.3, -0.25) is 0 Å². The molecule has 0 saturated heterocycles. The molecule has 0 heterocycles. The van der Waals surface area contributed by atoms with Crippen molar-refractivity contribution in [1.82, 2.24) is 0 Å². The van der Waals surface area contributed by atoms with E-state index in [1.807, 2.05) is 30.3 Å². The molecule has 0 atom stereocenters. The highest BCUT2D eigenvalue weighted by molar-refractivity contribution is 5.77. The molecular formula is C16H25NO5. The summed E-state index contributed by atoms with van der Waals surface area (Å²) in [6.07, 6.45) is -2.12. The summed E-state index contributed by atoms with van der Waals surface area (Å²) in [7, 11) is 0. The molecule has 0 unspecified atom stereocenters. The number of rotatable bonds is 0. The molecule has 1 aromatic carbocycles. The summed E-state index contributed by atoms with van der Waals surface area (Å²) < 4.78 is 13.8. The van der Waals surface area contributed by atoms with Crippen molar-refractivity contribution in [3.63, 3.8) is 0 Å². The molecule has 0 aliphatic heterocycles. The largest absolute Gasteiger partial charge is 0.519 e. The van der Waals surface area contributed by atoms with E-state index in [1.165, 1.54) is 0 Å². The molecular weight excluding hydrogens is 286 g/mol. The second-order valence-corrected chi connectivity index (χ2v) is 6.44. The van der Waals surface area contributed by atoms with Crippen LogP contribution in [0.15, 0.2) is 30.3 Å². The first kappa shape index (κ1) is 19.8. The van der Waals surface area contributed by atoms with Crippen LogP contribution in [0.2, 0.25) is 0 Å². The topological polar surface area (TPSA) is 87.8 Å². The molecule has 0 aromatic heterocycles. The average molecular weight is 311 g/mol. The highest BCUT2D eigenvalue weighted by atomic mass is 16.8. The molecule has 0 fully saturated rings. The molecule has 6 heteroatoms. The lowest BCUT2D eigenvalue weighted by molar-refractivity contribution is -0.0293. The van der Waals surface area contributed by atoms with E-state index in [-0.39, 0.29) is 0 Å². The fourth-order valence-electron chi connectivity index (χ4n) is 1.06. The number of carbonyl (C=O) groups excluding carboxylic acids is 2.